The van der Waals surface area contributed by atoms with Crippen LogP contribution in [0.1, 0.15) is 40.7 Å². The number of hydrogen-bond acceptors (Lipinski definition) is 0. The minimum atomic E-state index is -2.99. The van der Waals surface area contributed by atoms with Gasteiger partial charge >= 0.3 is 0 Å². The second-order valence-corrected chi connectivity index (χ2v) is 3.74. The van der Waals surface area contributed by atoms with Crippen LogP contribution in [0.4, 0.5) is 8.78 Å². The van der Waals surface area contributed by atoms with Gasteiger partial charge in [-0.1, -0.05) is 76.4 Å². The molecule has 1 rings (SSSR count). The molecule has 0 aliphatic heterocycles. The number of benzene rings is 1. The van der Waals surface area contributed by atoms with Gasteiger partial charge in [-0.2, -0.15) is 8.78 Å². The van der Waals surface area contributed by atoms with Crippen LogP contribution < -0.4 is 0 Å². The molecule has 0 spiro atoms. The lowest BCUT2D eigenvalue weighted by Gasteiger charge is -2.20. The summed E-state index contributed by atoms with van der Waals surface area (Å²) < 4.78 is 28.6. The normalized spacial score (nSPS) is 11.9. The van der Waals surface area contributed by atoms with Crippen LogP contribution in [0.25, 0.3) is 0 Å². The molecule has 0 aromatic heterocycles. The van der Waals surface area contributed by atoms with E-state index < -0.39 is 5.92 Å². The smallest absolute Gasteiger partial charge is 0.196 e. The molecule has 0 radical (unpaired) electrons. The summed E-state index contributed by atoms with van der Waals surface area (Å²) in [6, 6.07) is 7.80. The van der Waals surface area contributed by atoms with E-state index in [1.807, 2.05) is 13.8 Å². The molecule has 0 aliphatic carbocycles. The molecule has 20 heavy (non-hydrogen) atoms. The quantitative estimate of drug-likeness (QED) is 0.551. The molecule has 0 N–H and O–H groups in total. The molecule has 0 unspecified atom stereocenters. The van der Waals surface area contributed by atoms with Crippen LogP contribution in [0.3, 0.4) is 0 Å². The van der Waals surface area contributed by atoms with Crippen molar-refractivity contribution in [3.8, 4) is 0 Å². The first-order valence-electron chi connectivity index (χ1n) is 6.43. The second-order valence-electron chi connectivity index (χ2n) is 3.74. The monoisotopic (exact) mass is 280 g/mol. The van der Waals surface area contributed by atoms with Gasteiger partial charge in [-0.25, -0.2) is 0 Å². The number of alkyl halides is 2. The Morgan fingerprint density at radius 2 is 1.65 bits per heavy atom. The number of hydrogen-bond donors (Lipinski definition) is 0. The van der Waals surface area contributed by atoms with Crippen molar-refractivity contribution in [2.75, 3.05) is 0 Å². The number of rotatable bonds is 4. The second kappa shape index (κ2) is 10.1. The molecule has 0 fully saturated rings. The van der Waals surface area contributed by atoms with Crippen LogP contribution in [0, 0.1) is 0 Å². The standard InChI is InChI=1S/C15H16F2.C2H6.CH4/c1-4-9-14(12(3)5-2)15(16,17)13-10-7-6-8-11-13;1-2;/h4-11H,2H2,1,3H3;1-2H3;1H4/b9-4-,14-12+;;. The van der Waals surface area contributed by atoms with Gasteiger partial charge in [0.05, 0.1) is 0 Å². The Morgan fingerprint density at radius 3 is 2.05 bits per heavy atom. The average Bonchev–Trinajstić information content (AvgIpc) is 2.47. The van der Waals surface area contributed by atoms with E-state index in [0.717, 1.165) is 0 Å². The van der Waals surface area contributed by atoms with Gasteiger partial charge in [0.2, 0.25) is 0 Å². The first kappa shape index (κ1) is 20.6. The van der Waals surface area contributed by atoms with Crippen molar-refractivity contribution in [1.29, 1.82) is 0 Å². The third-order valence-corrected chi connectivity index (χ3v) is 2.54. The summed E-state index contributed by atoms with van der Waals surface area (Å²) in [5.41, 5.74) is 0.465. The minimum Gasteiger partial charge on any atom is -0.196 e. The highest BCUT2D eigenvalue weighted by Crippen LogP contribution is 2.38. The van der Waals surface area contributed by atoms with Crippen molar-refractivity contribution >= 4 is 0 Å². The minimum absolute atomic E-state index is 0. The summed E-state index contributed by atoms with van der Waals surface area (Å²) in [5, 5.41) is 0. The summed E-state index contributed by atoms with van der Waals surface area (Å²) in [5.74, 6) is -2.99. The highest BCUT2D eigenvalue weighted by atomic mass is 19.3. The van der Waals surface area contributed by atoms with Crippen LogP contribution in [0.5, 0.6) is 0 Å². The van der Waals surface area contributed by atoms with Gasteiger partial charge in [0.15, 0.2) is 0 Å². The van der Waals surface area contributed by atoms with Gasteiger partial charge in [0, 0.05) is 11.1 Å². The van der Waals surface area contributed by atoms with Gasteiger partial charge in [0.1, 0.15) is 0 Å². The van der Waals surface area contributed by atoms with Crippen molar-refractivity contribution in [2.24, 2.45) is 0 Å². The van der Waals surface area contributed by atoms with Gasteiger partial charge in [-0.3, -0.25) is 0 Å². The molecule has 0 amide bonds. The van der Waals surface area contributed by atoms with Gasteiger partial charge in [0.25, 0.3) is 5.92 Å². The molecule has 112 valence electrons. The molecule has 2 heteroatoms. The fourth-order valence-electron chi connectivity index (χ4n) is 1.56. The van der Waals surface area contributed by atoms with E-state index >= 15 is 0 Å². The van der Waals surface area contributed by atoms with Crippen LogP contribution in [0.2, 0.25) is 0 Å². The summed E-state index contributed by atoms with van der Waals surface area (Å²) >= 11 is 0. The number of allylic oxidation sites excluding steroid dienone is 5. The Balaban J connectivity index is 0. The Labute approximate surface area is 122 Å². The Kier molecular flexibility index (Phi) is 10.4. The predicted molar refractivity (Wildman–Crippen MR) is 86.1 cm³/mol. The van der Waals surface area contributed by atoms with Crippen LogP contribution in [-0.2, 0) is 5.92 Å². The fourth-order valence-corrected chi connectivity index (χ4v) is 1.56. The topological polar surface area (TPSA) is 0 Å². The van der Waals surface area contributed by atoms with Gasteiger partial charge in [-0.05, 0) is 19.4 Å². The summed E-state index contributed by atoms with van der Waals surface area (Å²) in [6.07, 6.45) is 4.50. The summed E-state index contributed by atoms with van der Waals surface area (Å²) in [4.78, 5) is 0. The van der Waals surface area contributed by atoms with Gasteiger partial charge < -0.3 is 0 Å². The first-order chi connectivity index (χ1) is 9.04. The molecule has 0 atom stereocenters. The van der Waals surface area contributed by atoms with Crippen LogP contribution >= 0.6 is 0 Å². The highest BCUT2D eigenvalue weighted by Gasteiger charge is 2.35. The first-order valence-corrected chi connectivity index (χ1v) is 6.43. The van der Waals surface area contributed by atoms with E-state index in [0.29, 0.717) is 5.57 Å². The largest absolute Gasteiger partial charge is 0.298 e. The zero-order valence-electron chi connectivity index (χ0n) is 12.1. The molecular weight excluding hydrogens is 254 g/mol. The van der Waals surface area contributed by atoms with E-state index in [2.05, 4.69) is 6.58 Å². The molecule has 0 heterocycles. The zero-order chi connectivity index (χ0) is 14.9. The molecule has 0 nitrogen and oxygen atoms in total. The number of halogens is 2. The summed E-state index contributed by atoms with van der Waals surface area (Å²) in [7, 11) is 0. The molecule has 1 aromatic rings. The lowest BCUT2D eigenvalue weighted by atomic mass is 9.96. The van der Waals surface area contributed by atoms with Crippen molar-refractivity contribution in [3.05, 3.63) is 71.8 Å². The Hall–Kier alpha value is -1.70. The zero-order valence-corrected chi connectivity index (χ0v) is 12.1. The highest BCUT2D eigenvalue weighted by molar-refractivity contribution is 5.41. The Morgan fingerprint density at radius 1 is 1.15 bits per heavy atom. The van der Waals surface area contributed by atoms with E-state index in [9.17, 15) is 8.78 Å². The fraction of sp³-hybridized carbons (Fsp3) is 0.333. The average molecular weight is 280 g/mol. The molecule has 1 aromatic carbocycles. The lowest BCUT2D eigenvalue weighted by Crippen LogP contribution is -2.16. The maximum atomic E-state index is 14.3. The van der Waals surface area contributed by atoms with E-state index in [1.54, 1.807) is 38.1 Å². The van der Waals surface area contributed by atoms with Gasteiger partial charge in [-0.15, -0.1) is 0 Å². The summed E-state index contributed by atoms with van der Waals surface area (Å²) in [6.45, 7) is 10.9. The maximum absolute atomic E-state index is 14.3. The van der Waals surface area contributed by atoms with E-state index in [4.69, 9.17) is 0 Å². The maximum Gasteiger partial charge on any atom is 0.298 e. The molecule has 0 saturated carbocycles. The molecule has 0 aliphatic rings. The van der Waals surface area contributed by atoms with Crippen molar-refractivity contribution in [2.45, 2.75) is 41.0 Å². The SMILES string of the molecule is C.C=C/C(C)=C(\C=C/C)C(F)(F)c1ccccc1.CC. The van der Waals surface area contributed by atoms with Crippen LogP contribution in [-0.4, -0.2) is 0 Å². The van der Waals surface area contributed by atoms with E-state index in [-0.39, 0.29) is 18.6 Å². The van der Waals surface area contributed by atoms with Crippen molar-refractivity contribution in [1.82, 2.24) is 0 Å². The molecule has 0 saturated heterocycles. The van der Waals surface area contributed by atoms with E-state index in [1.165, 1.54) is 24.3 Å². The predicted octanol–water partition coefficient (Wildman–Crippen LogP) is 6.52. The Bertz CT molecular complexity index is 440. The van der Waals surface area contributed by atoms with Crippen molar-refractivity contribution in [3.63, 3.8) is 0 Å². The van der Waals surface area contributed by atoms with Crippen LogP contribution in [0.15, 0.2) is 66.3 Å². The lowest BCUT2D eigenvalue weighted by molar-refractivity contribution is 0.0412. The third kappa shape index (κ3) is 5.12. The molecule has 0 bridgehead atoms. The van der Waals surface area contributed by atoms with Crippen molar-refractivity contribution < 1.29 is 8.78 Å². The third-order valence-electron chi connectivity index (χ3n) is 2.54. The molecular formula is C18H26F2.